The van der Waals surface area contributed by atoms with Crippen LogP contribution in [0.1, 0.15) is 41.3 Å². The van der Waals surface area contributed by atoms with Crippen LogP contribution in [0.4, 0.5) is 11.5 Å². The van der Waals surface area contributed by atoms with Crippen LogP contribution < -0.4 is 20.3 Å². The van der Waals surface area contributed by atoms with Crippen LogP contribution in [0.2, 0.25) is 0 Å². The van der Waals surface area contributed by atoms with Gasteiger partial charge in [0.15, 0.2) is 6.10 Å². The van der Waals surface area contributed by atoms with Crippen molar-refractivity contribution in [2.24, 2.45) is 0 Å². The molecular formula is C24H29N5O3. The van der Waals surface area contributed by atoms with E-state index in [0.717, 1.165) is 73.9 Å². The molecule has 32 heavy (non-hydrogen) atoms. The summed E-state index contributed by atoms with van der Waals surface area (Å²) in [5.41, 5.74) is 3.58. The molecule has 3 heterocycles. The highest BCUT2D eigenvalue weighted by Gasteiger charge is 2.26. The average molecular weight is 436 g/mol. The number of nitrogens with zero attached hydrogens (tertiary/aromatic N) is 3. The number of carbonyl (C=O) groups excluding carboxylic acids is 2. The number of hydrogen-bond acceptors (Lipinski definition) is 6. The number of nitrogens with one attached hydrogen (secondary N) is 2. The molecule has 1 unspecified atom stereocenters. The van der Waals surface area contributed by atoms with Crippen molar-refractivity contribution in [3.8, 4) is 5.75 Å². The first-order chi connectivity index (χ1) is 15.5. The van der Waals surface area contributed by atoms with Crippen LogP contribution in [0.3, 0.4) is 0 Å². The summed E-state index contributed by atoms with van der Waals surface area (Å²) < 4.78 is 5.76. The van der Waals surface area contributed by atoms with Gasteiger partial charge in [-0.3, -0.25) is 14.5 Å². The molecule has 168 valence electrons. The summed E-state index contributed by atoms with van der Waals surface area (Å²) in [5.74, 6) is 1.54. The number of hydrogen-bond donors (Lipinski definition) is 2. The molecule has 2 N–H and O–H groups in total. The smallest absolute Gasteiger partial charge is 0.265 e. The molecule has 1 aromatic heterocycles. The minimum atomic E-state index is -0.463. The number of piperazine rings is 1. The lowest BCUT2D eigenvalue weighted by atomic mass is 10.1. The zero-order valence-electron chi connectivity index (χ0n) is 18.6. The molecule has 5 rings (SSSR count). The fourth-order valence-corrected chi connectivity index (χ4v) is 4.25. The van der Waals surface area contributed by atoms with E-state index in [1.54, 1.807) is 13.1 Å². The first kappa shape index (κ1) is 20.8. The molecule has 1 saturated carbocycles. The number of carbonyl (C=O) groups is 2. The molecule has 0 spiro atoms. The number of benzene rings is 1. The average Bonchev–Trinajstić information content (AvgIpc) is 3.60. The van der Waals surface area contributed by atoms with Gasteiger partial charge in [-0.15, -0.1) is 0 Å². The molecule has 2 aromatic rings. The number of ether oxygens (including phenoxy) is 1. The highest BCUT2D eigenvalue weighted by atomic mass is 16.5. The van der Waals surface area contributed by atoms with E-state index in [1.807, 2.05) is 25.1 Å². The molecular weight excluding hydrogens is 406 g/mol. The van der Waals surface area contributed by atoms with Crippen LogP contribution in [0.15, 0.2) is 30.5 Å². The predicted octanol–water partition coefficient (Wildman–Crippen LogP) is 2.32. The van der Waals surface area contributed by atoms with E-state index < -0.39 is 6.10 Å². The van der Waals surface area contributed by atoms with Crippen LogP contribution >= 0.6 is 0 Å². The van der Waals surface area contributed by atoms with Gasteiger partial charge in [0.2, 0.25) is 0 Å². The summed E-state index contributed by atoms with van der Waals surface area (Å²) in [7, 11) is 0. The van der Waals surface area contributed by atoms with E-state index in [1.165, 1.54) is 0 Å². The van der Waals surface area contributed by atoms with Crippen LogP contribution in [0.25, 0.3) is 0 Å². The van der Waals surface area contributed by atoms with E-state index in [9.17, 15) is 9.59 Å². The molecule has 1 saturated heterocycles. The molecule has 0 radical (unpaired) electrons. The van der Waals surface area contributed by atoms with Crippen molar-refractivity contribution >= 4 is 23.3 Å². The van der Waals surface area contributed by atoms with Gasteiger partial charge in [0.05, 0.1) is 11.3 Å². The molecule has 8 nitrogen and oxygen atoms in total. The Balaban J connectivity index is 1.17. The molecule has 8 heteroatoms. The zero-order valence-corrected chi connectivity index (χ0v) is 18.6. The quantitative estimate of drug-likeness (QED) is 0.750. The van der Waals surface area contributed by atoms with Crippen molar-refractivity contribution < 1.29 is 14.3 Å². The van der Waals surface area contributed by atoms with Crippen molar-refractivity contribution in [2.75, 3.05) is 36.4 Å². The Labute approximate surface area is 187 Å². The van der Waals surface area contributed by atoms with Gasteiger partial charge in [-0.25, -0.2) is 4.98 Å². The second-order valence-corrected chi connectivity index (χ2v) is 8.95. The van der Waals surface area contributed by atoms with E-state index in [-0.39, 0.29) is 11.8 Å². The number of amides is 2. The van der Waals surface area contributed by atoms with Crippen LogP contribution in [-0.2, 0) is 11.3 Å². The molecule has 2 fully saturated rings. The molecule has 2 amide bonds. The Kier molecular flexibility index (Phi) is 5.46. The topological polar surface area (TPSA) is 86.8 Å². The first-order valence-electron chi connectivity index (χ1n) is 11.3. The zero-order chi connectivity index (χ0) is 22.2. The summed E-state index contributed by atoms with van der Waals surface area (Å²) in [6.07, 6.45) is 3.37. The molecule has 1 atom stereocenters. The van der Waals surface area contributed by atoms with Gasteiger partial charge in [-0.1, -0.05) is 6.07 Å². The summed E-state index contributed by atoms with van der Waals surface area (Å²) in [6, 6.07) is 8.31. The number of aryl methyl sites for hydroxylation is 1. The van der Waals surface area contributed by atoms with Gasteiger partial charge < -0.3 is 20.3 Å². The number of pyridine rings is 1. The first-order valence-corrected chi connectivity index (χ1v) is 11.3. The van der Waals surface area contributed by atoms with Crippen molar-refractivity contribution in [1.29, 1.82) is 0 Å². The fraction of sp³-hybridized carbons (Fsp3) is 0.458. The highest BCUT2D eigenvalue weighted by molar-refractivity contribution is 5.98. The van der Waals surface area contributed by atoms with E-state index >= 15 is 0 Å². The Morgan fingerprint density at radius 1 is 1.22 bits per heavy atom. The minimum absolute atomic E-state index is 0.0345. The second kappa shape index (κ2) is 8.43. The monoisotopic (exact) mass is 435 g/mol. The maximum absolute atomic E-state index is 12.1. The summed E-state index contributed by atoms with van der Waals surface area (Å²) in [6.45, 7) is 8.19. The Morgan fingerprint density at radius 2 is 2.00 bits per heavy atom. The third-order valence-electron chi connectivity index (χ3n) is 6.28. The van der Waals surface area contributed by atoms with Gasteiger partial charge in [0.1, 0.15) is 11.6 Å². The Hall–Kier alpha value is -3.13. The predicted molar refractivity (Wildman–Crippen MR) is 122 cm³/mol. The molecule has 0 bridgehead atoms. The number of anilines is 2. The summed E-state index contributed by atoms with van der Waals surface area (Å²) in [4.78, 5) is 33.3. The summed E-state index contributed by atoms with van der Waals surface area (Å²) >= 11 is 0. The second-order valence-electron chi connectivity index (χ2n) is 8.95. The van der Waals surface area contributed by atoms with Gasteiger partial charge in [-0.05, 0) is 56.0 Å². The van der Waals surface area contributed by atoms with Crippen LogP contribution in [0, 0.1) is 6.92 Å². The maximum Gasteiger partial charge on any atom is 0.265 e. The van der Waals surface area contributed by atoms with E-state index in [4.69, 9.17) is 4.74 Å². The van der Waals surface area contributed by atoms with Gasteiger partial charge >= 0.3 is 0 Å². The fourth-order valence-electron chi connectivity index (χ4n) is 4.25. The Bertz CT molecular complexity index is 1030. The largest absolute Gasteiger partial charge is 0.478 e. The van der Waals surface area contributed by atoms with E-state index in [2.05, 4.69) is 31.5 Å². The molecule has 1 aromatic carbocycles. The summed E-state index contributed by atoms with van der Waals surface area (Å²) in [5, 5.41) is 5.95. The SMILES string of the molecule is Cc1cc(CN2CCN(c3ccc(C(=O)NC4CC4)cn3)CC2)cc2c1OC(C)C(=O)N2. The third kappa shape index (κ3) is 4.41. The van der Waals surface area contributed by atoms with Crippen molar-refractivity contribution in [2.45, 2.75) is 45.4 Å². The van der Waals surface area contributed by atoms with Crippen molar-refractivity contribution in [3.05, 3.63) is 47.2 Å². The molecule has 2 aliphatic heterocycles. The van der Waals surface area contributed by atoms with E-state index in [0.29, 0.717) is 11.6 Å². The lowest BCUT2D eigenvalue weighted by molar-refractivity contribution is -0.122. The lowest BCUT2D eigenvalue weighted by Crippen LogP contribution is -2.46. The van der Waals surface area contributed by atoms with Gasteiger partial charge in [0.25, 0.3) is 11.8 Å². The lowest BCUT2D eigenvalue weighted by Gasteiger charge is -2.35. The Morgan fingerprint density at radius 3 is 2.69 bits per heavy atom. The normalized spacial score (nSPS) is 20.9. The number of fused-ring (bicyclic) bond motifs is 1. The maximum atomic E-state index is 12.1. The van der Waals surface area contributed by atoms with Crippen LogP contribution in [0.5, 0.6) is 5.75 Å². The van der Waals surface area contributed by atoms with Gasteiger partial charge in [-0.2, -0.15) is 0 Å². The van der Waals surface area contributed by atoms with Crippen LogP contribution in [-0.4, -0.2) is 60.0 Å². The standard InChI is InChI=1S/C24H29N5O3/c1-15-11-17(12-20-22(15)32-16(2)23(30)27-20)14-28-7-9-29(10-8-28)21-6-3-18(13-25-21)24(31)26-19-4-5-19/h3,6,11-13,16,19H,4-5,7-10,14H2,1-2H3,(H,26,31)(H,27,30). The highest BCUT2D eigenvalue weighted by Crippen LogP contribution is 2.34. The minimum Gasteiger partial charge on any atom is -0.478 e. The van der Waals surface area contributed by atoms with Crippen molar-refractivity contribution in [1.82, 2.24) is 15.2 Å². The molecule has 1 aliphatic carbocycles. The number of aromatic nitrogens is 1. The van der Waals surface area contributed by atoms with Crippen molar-refractivity contribution in [3.63, 3.8) is 0 Å². The molecule has 3 aliphatic rings. The van der Waals surface area contributed by atoms with Gasteiger partial charge in [0, 0.05) is 45.0 Å². The third-order valence-corrected chi connectivity index (χ3v) is 6.28. The number of rotatable bonds is 5.